The van der Waals surface area contributed by atoms with Gasteiger partial charge in [-0.15, -0.1) is 10.2 Å². The number of aromatic amines is 1. The molecular weight excluding hydrogens is 414 g/mol. The van der Waals surface area contributed by atoms with Crippen LogP contribution in [0.15, 0.2) is 36.5 Å². The highest BCUT2D eigenvalue weighted by molar-refractivity contribution is 7.18. The topological polar surface area (TPSA) is 108 Å². The summed E-state index contributed by atoms with van der Waals surface area (Å²) >= 11 is 0.983. The number of aromatic nitrogens is 5. The van der Waals surface area contributed by atoms with E-state index in [4.69, 9.17) is 0 Å². The summed E-state index contributed by atoms with van der Waals surface area (Å²) in [7, 11) is 0. The third kappa shape index (κ3) is 3.99. The van der Waals surface area contributed by atoms with Crippen LogP contribution >= 0.6 is 11.3 Å². The monoisotopic (exact) mass is 423 g/mol. The Morgan fingerprint density at radius 3 is 2.72 bits per heavy atom. The predicted molar refractivity (Wildman–Crippen MR) is 96.8 cm³/mol. The molecule has 0 aliphatic rings. The summed E-state index contributed by atoms with van der Waals surface area (Å²) in [6.45, 7) is 0. The first-order chi connectivity index (χ1) is 13.8. The van der Waals surface area contributed by atoms with Gasteiger partial charge in [0.25, 0.3) is 0 Å². The fraction of sp³-hybridized carbons (Fsp3) is 0.0625. The van der Waals surface area contributed by atoms with Gasteiger partial charge in [-0.05, 0) is 30.3 Å². The van der Waals surface area contributed by atoms with Gasteiger partial charge >= 0.3 is 12.2 Å². The Balaban J connectivity index is 1.48. The molecule has 148 valence electrons. The van der Waals surface area contributed by atoms with Gasteiger partial charge in [0, 0.05) is 5.39 Å². The Kier molecular flexibility index (Phi) is 4.58. The molecule has 4 aromatic rings. The van der Waals surface area contributed by atoms with Crippen LogP contribution in [0.25, 0.3) is 21.7 Å². The number of hydrogen-bond acceptors (Lipinski definition) is 6. The van der Waals surface area contributed by atoms with Crippen molar-refractivity contribution in [1.29, 1.82) is 0 Å². The smallest absolute Gasteiger partial charge is 0.305 e. The van der Waals surface area contributed by atoms with Crippen LogP contribution in [-0.4, -0.2) is 31.4 Å². The summed E-state index contributed by atoms with van der Waals surface area (Å²) in [6, 6.07) is 4.21. The summed E-state index contributed by atoms with van der Waals surface area (Å²) in [5.74, 6) is -1.01. The van der Waals surface area contributed by atoms with Crippen LogP contribution in [0.3, 0.4) is 0 Å². The van der Waals surface area contributed by atoms with E-state index in [2.05, 4.69) is 30.7 Å². The van der Waals surface area contributed by atoms with Crippen molar-refractivity contribution in [3.63, 3.8) is 0 Å². The fourth-order valence-corrected chi connectivity index (χ4v) is 3.08. The number of nitrogens with zero attached hydrogens (tertiary/aromatic N) is 4. The third-order valence-electron chi connectivity index (χ3n) is 3.71. The maximum absolute atomic E-state index is 13.7. The van der Waals surface area contributed by atoms with Crippen LogP contribution in [0.1, 0.15) is 5.56 Å². The molecule has 2 amide bonds. The molecule has 29 heavy (non-hydrogen) atoms. The van der Waals surface area contributed by atoms with Crippen molar-refractivity contribution in [2.24, 2.45) is 0 Å². The number of hydrogen-bond donors (Lipinski definition) is 3. The lowest BCUT2D eigenvalue weighted by molar-refractivity contribution is -0.137. The molecule has 13 heteroatoms. The summed E-state index contributed by atoms with van der Waals surface area (Å²) in [5, 5.41) is 19.8. The minimum absolute atomic E-state index is 0.0522. The Morgan fingerprint density at radius 2 is 1.93 bits per heavy atom. The highest BCUT2D eigenvalue weighted by Gasteiger charge is 2.31. The number of carbonyl (C=O) groups excluding carboxylic acids is 1. The van der Waals surface area contributed by atoms with Crippen LogP contribution in [0.5, 0.6) is 0 Å². The Labute approximate surface area is 163 Å². The lowest BCUT2D eigenvalue weighted by atomic mass is 10.2. The zero-order valence-corrected chi connectivity index (χ0v) is 14.9. The largest absolute Gasteiger partial charge is 0.416 e. The molecule has 0 atom stereocenters. The Bertz CT molecular complexity index is 1200. The van der Waals surface area contributed by atoms with Gasteiger partial charge in [-0.25, -0.2) is 14.2 Å². The van der Waals surface area contributed by atoms with E-state index in [9.17, 15) is 22.4 Å². The maximum atomic E-state index is 13.7. The normalized spacial score (nSPS) is 11.6. The zero-order valence-electron chi connectivity index (χ0n) is 14.1. The number of carbonyl (C=O) groups is 1. The average Bonchev–Trinajstić information content (AvgIpc) is 3.31. The van der Waals surface area contributed by atoms with Crippen LogP contribution in [0, 0.1) is 5.82 Å². The number of H-pyrrole nitrogens is 1. The van der Waals surface area contributed by atoms with Crippen molar-refractivity contribution >= 4 is 39.2 Å². The van der Waals surface area contributed by atoms with Gasteiger partial charge in [0.1, 0.15) is 11.5 Å². The van der Waals surface area contributed by atoms with Gasteiger partial charge in [0.15, 0.2) is 10.7 Å². The van der Waals surface area contributed by atoms with E-state index < -0.39 is 29.3 Å². The van der Waals surface area contributed by atoms with Crippen molar-refractivity contribution in [3.05, 3.63) is 47.9 Å². The molecule has 0 bridgehead atoms. The van der Waals surface area contributed by atoms with Crippen LogP contribution in [0.2, 0.25) is 0 Å². The first-order valence-electron chi connectivity index (χ1n) is 7.88. The van der Waals surface area contributed by atoms with E-state index in [1.54, 1.807) is 18.3 Å². The van der Waals surface area contributed by atoms with E-state index in [1.165, 1.54) is 0 Å². The number of halogens is 4. The average molecular weight is 423 g/mol. The molecule has 3 aromatic heterocycles. The lowest BCUT2D eigenvalue weighted by Crippen LogP contribution is -2.20. The molecule has 1 aromatic carbocycles. The summed E-state index contributed by atoms with van der Waals surface area (Å²) in [4.78, 5) is 16.3. The molecule has 0 saturated heterocycles. The zero-order chi connectivity index (χ0) is 20.6. The molecule has 0 fully saturated rings. The van der Waals surface area contributed by atoms with E-state index in [1.807, 2.05) is 5.32 Å². The molecule has 0 unspecified atom stereocenters. The number of rotatable bonds is 3. The Hall–Kier alpha value is -3.61. The minimum Gasteiger partial charge on any atom is -0.305 e. The van der Waals surface area contributed by atoms with Gasteiger partial charge in [-0.1, -0.05) is 11.3 Å². The number of urea groups is 1. The second-order valence-corrected chi connectivity index (χ2v) is 6.67. The standard InChI is InChI=1S/C16H9F4N7OS/c17-9-3-2-8(16(18,19)20)5-11(9)23-14(28)24-15-27-26-13(29-15)10-4-1-7-6-21-25-12(7)22-10/h1-6H,(H,21,22,25)(H2,23,24,27,28). The number of benzene rings is 1. The summed E-state index contributed by atoms with van der Waals surface area (Å²) < 4.78 is 52.0. The molecule has 0 aliphatic heterocycles. The first-order valence-corrected chi connectivity index (χ1v) is 8.70. The molecule has 0 radical (unpaired) electrons. The quantitative estimate of drug-likeness (QED) is 0.426. The number of pyridine rings is 1. The number of alkyl halides is 3. The second kappa shape index (κ2) is 7.09. The number of fused-ring (bicyclic) bond motifs is 1. The lowest BCUT2D eigenvalue weighted by Gasteiger charge is -2.10. The molecule has 3 N–H and O–H groups in total. The van der Waals surface area contributed by atoms with Crippen molar-refractivity contribution in [2.45, 2.75) is 6.18 Å². The summed E-state index contributed by atoms with van der Waals surface area (Å²) in [6.07, 6.45) is -3.06. The first kappa shape index (κ1) is 18.7. The van der Waals surface area contributed by atoms with Crippen molar-refractivity contribution < 1.29 is 22.4 Å². The maximum Gasteiger partial charge on any atom is 0.416 e. The second-order valence-electron chi connectivity index (χ2n) is 5.69. The van der Waals surface area contributed by atoms with Crippen molar-refractivity contribution in [2.75, 3.05) is 10.6 Å². The van der Waals surface area contributed by atoms with Crippen LogP contribution in [-0.2, 0) is 6.18 Å². The van der Waals surface area contributed by atoms with Crippen LogP contribution in [0.4, 0.5) is 33.2 Å². The van der Waals surface area contributed by atoms with Gasteiger partial charge < -0.3 is 5.32 Å². The van der Waals surface area contributed by atoms with Crippen molar-refractivity contribution in [3.8, 4) is 10.7 Å². The predicted octanol–water partition coefficient (Wildman–Crippen LogP) is 4.28. The van der Waals surface area contributed by atoms with Crippen LogP contribution < -0.4 is 10.6 Å². The molecular formula is C16H9F4N7OS. The molecule has 8 nitrogen and oxygen atoms in total. The van der Waals surface area contributed by atoms with E-state index in [0.29, 0.717) is 34.5 Å². The number of anilines is 2. The summed E-state index contributed by atoms with van der Waals surface area (Å²) in [5.41, 5.74) is -0.678. The fourth-order valence-electron chi connectivity index (χ4n) is 2.37. The number of amides is 2. The van der Waals surface area contributed by atoms with Gasteiger partial charge in [0.2, 0.25) is 5.13 Å². The molecule has 0 saturated carbocycles. The number of nitrogens with one attached hydrogen (secondary N) is 3. The van der Waals surface area contributed by atoms with Crippen molar-refractivity contribution in [1.82, 2.24) is 25.4 Å². The van der Waals surface area contributed by atoms with Gasteiger partial charge in [-0.2, -0.15) is 18.3 Å². The molecule has 4 rings (SSSR count). The molecule has 0 aliphatic carbocycles. The SMILES string of the molecule is O=C(Nc1nnc(-c2ccc3cn[nH]c3n2)s1)Nc1cc(C(F)(F)F)ccc1F. The molecule has 0 spiro atoms. The van der Waals surface area contributed by atoms with Gasteiger partial charge in [0.05, 0.1) is 17.4 Å². The minimum atomic E-state index is -4.67. The third-order valence-corrected chi connectivity index (χ3v) is 4.57. The van der Waals surface area contributed by atoms with E-state index in [0.717, 1.165) is 16.7 Å². The highest BCUT2D eigenvalue weighted by Crippen LogP contribution is 2.32. The van der Waals surface area contributed by atoms with E-state index in [-0.39, 0.29) is 5.13 Å². The van der Waals surface area contributed by atoms with Gasteiger partial charge in [-0.3, -0.25) is 10.4 Å². The van der Waals surface area contributed by atoms with E-state index >= 15 is 0 Å². The Morgan fingerprint density at radius 1 is 1.10 bits per heavy atom. The molecule has 3 heterocycles. The highest BCUT2D eigenvalue weighted by atomic mass is 32.1.